The van der Waals surface area contributed by atoms with E-state index in [1.807, 2.05) is 62.4 Å². The number of amides is 1. The van der Waals surface area contributed by atoms with Crippen LogP contribution in [0.2, 0.25) is 0 Å². The van der Waals surface area contributed by atoms with Crippen LogP contribution < -0.4 is 10.1 Å². The van der Waals surface area contributed by atoms with Crippen LogP contribution in [0.4, 0.5) is 5.69 Å². The van der Waals surface area contributed by atoms with Crippen LogP contribution in [0.1, 0.15) is 18.9 Å². The molecule has 1 N–H and O–H groups in total. The van der Waals surface area contributed by atoms with E-state index >= 15 is 0 Å². The molecule has 2 aromatic carbocycles. The molecule has 0 saturated carbocycles. The van der Waals surface area contributed by atoms with Gasteiger partial charge < -0.3 is 10.1 Å². The van der Waals surface area contributed by atoms with Crippen molar-refractivity contribution in [1.29, 1.82) is 0 Å². The Labute approximate surface area is 133 Å². The number of ether oxygens (including phenoxy) is 1. The van der Waals surface area contributed by atoms with Gasteiger partial charge in [0.1, 0.15) is 5.75 Å². The summed E-state index contributed by atoms with van der Waals surface area (Å²) in [6.45, 7) is 3.95. The maximum absolute atomic E-state index is 12.3. The Hall–Kier alpha value is -1.81. The first-order valence-corrected chi connectivity index (χ1v) is 7.67. The maximum atomic E-state index is 12.3. The maximum Gasteiger partial charge on any atom is 0.265 e. The van der Waals surface area contributed by atoms with Gasteiger partial charge in [-0.15, -0.1) is 0 Å². The van der Waals surface area contributed by atoms with Crippen molar-refractivity contribution in [3.05, 3.63) is 58.6 Å². The van der Waals surface area contributed by atoms with E-state index in [-0.39, 0.29) is 5.91 Å². The number of anilines is 1. The highest BCUT2D eigenvalue weighted by atomic mass is 79.9. The topological polar surface area (TPSA) is 38.3 Å². The molecule has 0 fully saturated rings. The van der Waals surface area contributed by atoms with Gasteiger partial charge in [-0.2, -0.15) is 0 Å². The molecule has 2 rings (SSSR count). The molecule has 1 amide bonds. The Balaban J connectivity index is 2.01. The molecule has 0 saturated heterocycles. The van der Waals surface area contributed by atoms with Crippen LogP contribution in [-0.4, -0.2) is 12.0 Å². The lowest BCUT2D eigenvalue weighted by molar-refractivity contribution is -0.122. The number of carbonyl (C=O) groups is 1. The Bertz CT molecular complexity index is 593. The van der Waals surface area contributed by atoms with Crippen LogP contribution in [0.25, 0.3) is 0 Å². The van der Waals surface area contributed by atoms with Gasteiger partial charge in [0.05, 0.1) is 0 Å². The van der Waals surface area contributed by atoms with Crippen molar-refractivity contribution in [3.8, 4) is 5.75 Å². The minimum atomic E-state index is -0.503. The average molecular weight is 348 g/mol. The molecular weight excluding hydrogens is 330 g/mol. The highest BCUT2D eigenvalue weighted by Gasteiger charge is 2.18. The van der Waals surface area contributed by atoms with Crippen molar-refractivity contribution in [2.75, 3.05) is 5.32 Å². The number of hydrogen-bond donors (Lipinski definition) is 1. The molecule has 0 aliphatic heterocycles. The zero-order valence-electron chi connectivity index (χ0n) is 12.1. The van der Waals surface area contributed by atoms with Gasteiger partial charge in [-0.3, -0.25) is 4.79 Å². The van der Waals surface area contributed by atoms with Crippen LogP contribution in [0, 0.1) is 6.92 Å². The molecule has 2 aromatic rings. The number of halogens is 1. The molecule has 0 bridgehead atoms. The molecule has 0 radical (unpaired) electrons. The van der Waals surface area contributed by atoms with Crippen LogP contribution >= 0.6 is 15.9 Å². The van der Waals surface area contributed by atoms with Crippen LogP contribution in [-0.2, 0) is 4.79 Å². The van der Waals surface area contributed by atoms with E-state index in [1.54, 1.807) is 0 Å². The van der Waals surface area contributed by atoms with E-state index in [1.165, 1.54) is 0 Å². The number of benzene rings is 2. The fraction of sp³-hybridized carbons (Fsp3) is 0.235. The zero-order chi connectivity index (χ0) is 15.2. The molecule has 3 nitrogen and oxygen atoms in total. The quantitative estimate of drug-likeness (QED) is 0.861. The van der Waals surface area contributed by atoms with Gasteiger partial charge in [0.2, 0.25) is 0 Å². The molecule has 0 spiro atoms. The summed E-state index contributed by atoms with van der Waals surface area (Å²) in [5, 5.41) is 2.87. The number of rotatable bonds is 5. The highest BCUT2D eigenvalue weighted by Crippen LogP contribution is 2.17. The Morgan fingerprint density at radius 1 is 1.14 bits per heavy atom. The van der Waals surface area contributed by atoms with Crippen molar-refractivity contribution in [2.45, 2.75) is 26.4 Å². The van der Waals surface area contributed by atoms with Crippen molar-refractivity contribution >= 4 is 27.5 Å². The number of carbonyl (C=O) groups excluding carboxylic acids is 1. The molecule has 0 aromatic heterocycles. The van der Waals surface area contributed by atoms with Gasteiger partial charge in [-0.05, 0) is 49.7 Å². The first-order valence-electron chi connectivity index (χ1n) is 6.88. The van der Waals surface area contributed by atoms with Crippen LogP contribution in [0.5, 0.6) is 5.75 Å². The SMILES string of the molecule is CCC(Oc1ccc(C)cc1)C(=O)Nc1ccc(Br)cc1. The monoisotopic (exact) mass is 347 g/mol. The van der Waals surface area contributed by atoms with Gasteiger partial charge in [0.25, 0.3) is 5.91 Å². The van der Waals surface area contributed by atoms with E-state index in [0.717, 1.165) is 15.7 Å². The summed E-state index contributed by atoms with van der Waals surface area (Å²) in [5.41, 5.74) is 1.92. The first-order chi connectivity index (χ1) is 10.1. The number of aryl methyl sites for hydroxylation is 1. The second-order valence-electron chi connectivity index (χ2n) is 4.82. The van der Waals surface area contributed by atoms with Crippen LogP contribution in [0.3, 0.4) is 0 Å². The molecule has 0 aliphatic rings. The molecule has 4 heteroatoms. The summed E-state index contributed by atoms with van der Waals surface area (Å²) in [4.78, 5) is 12.3. The standard InChI is InChI=1S/C17H18BrNO2/c1-3-16(21-15-10-4-12(2)5-11-15)17(20)19-14-8-6-13(18)7-9-14/h4-11,16H,3H2,1-2H3,(H,19,20). The molecule has 0 heterocycles. The lowest BCUT2D eigenvalue weighted by Crippen LogP contribution is -2.32. The van der Waals surface area contributed by atoms with E-state index in [4.69, 9.17) is 4.74 Å². The second kappa shape index (κ2) is 7.27. The number of hydrogen-bond acceptors (Lipinski definition) is 2. The smallest absolute Gasteiger partial charge is 0.265 e. The van der Waals surface area contributed by atoms with Crippen molar-refractivity contribution in [2.24, 2.45) is 0 Å². The second-order valence-corrected chi connectivity index (χ2v) is 5.74. The van der Waals surface area contributed by atoms with E-state index in [9.17, 15) is 4.79 Å². The third-order valence-electron chi connectivity index (χ3n) is 3.07. The average Bonchev–Trinajstić information content (AvgIpc) is 2.49. The summed E-state index contributed by atoms with van der Waals surface area (Å²) in [6, 6.07) is 15.2. The first kappa shape index (κ1) is 15.6. The molecule has 1 atom stereocenters. The third-order valence-corrected chi connectivity index (χ3v) is 3.60. The summed E-state index contributed by atoms with van der Waals surface area (Å²) < 4.78 is 6.73. The molecular formula is C17H18BrNO2. The van der Waals surface area contributed by atoms with Gasteiger partial charge in [0.15, 0.2) is 6.10 Å². The van der Waals surface area contributed by atoms with Gasteiger partial charge in [-0.1, -0.05) is 40.5 Å². The van der Waals surface area contributed by atoms with E-state index in [2.05, 4.69) is 21.2 Å². The Morgan fingerprint density at radius 2 is 1.76 bits per heavy atom. The van der Waals surface area contributed by atoms with Crippen molar-refractivity contribution < 1.29 is 9.53 Å². The van der Waals surface area contributed by atoms with E-state index in [0.29, 0.717) is 12.2 Å². The predicted molar refractivity (Wildman–Crippen MR) is 88.7 cm³/mol. The lowest BCUT2D eigenvalue weighted by atomic mass is 10.2. The highest BCUT2D eigenvalue weighted by molar-refractivity contribution is 9.10. The van der Waals surface area contributed by atoms with Gasteiger partial charge in [0, 0.05) is 10.2 Å². The summed E-state index contributed by atoms with van der Waals surface area (Å²) >= 11 is 3.37. The van der Waals surface area contributed by atoms with Crippen LogP contribution in [0.15, 0.2) is 53.0 Å². The lowest BCUT2D eigenvalue weighted by Gasteiger charge is -2.17. The summed E-state index contributed by atoms with van der Waals surface area (Å²) in [7, 11) is 0. The Morgan fingerprint density at radius 3 is 2.33 bits per heavy atom. The minimum Gasteiger partial charge on any atom is -0.481 e. The Kier molecular flexibility index (Phi) is 5.39. The van der Waals surface area contributed by atoms with Gasteiger partial charge >= 0.3 is 0 Å². The minimum absolute atomic E-state index is 0.139. The van der Waals surface area contributed by atoms with Crippen molar-refractivity contribution in [3.63, 3.8) is 0 Å². The summed E-state index contributed by atoms with van der Waals surface area (Å²) in [5.74, 6) is 0.568. The largest absolute Gasteiger partial charge is 0.481 e. The number of nitrogens with one attached hydrogen (secondary N) is 1. The normalized spacial score (nSPS) is 11.8. The molecule has 21 heavy (non-hydrogen) atoms. The van der Waals surface area contributed by atoms with E-state index < -0.39 is 6.10 Å². The molecule has 1 unspecified atom stereocenters. The molecule has 0 aliphatic carbocycles. The fourth-order valence-electron chi connectivity index (χ4n) is 1.86. The summed E-state index contributed by atoms with van der Waals surface area (Å²) in [6.07, 6.45) is 0.104. The third kappa shape index (κ3) is 4.60. The van der Waals surface area contributed by atoms with Gasteiger partial charge in [-0.25, -0.2) is 0 Å². The fourth-order valence-corrected chi connectivity index (χ4v) is 2.12. The van der Waals surface area contributed by atoms with Crippen molar-refractivity contribution in [1.82, 2.24) is 0 Å². The zero-order valence-corrected chi connectivity index (χ0v) is 13.7. The predicted octanol–water partition coefficient (Wildman–Crippen LogP) is 4.55. The molecule has 110 valence electrons.